The lowest BCUT2D eigenvalue weighted by atomic mass is 10.1. The van der Waals surface area contributed by atoms with E-state index in [-0.39, 0.29) is 5.56 Å². The van der Waals surface area contributed by atoms with Crippen molar-refractivity contribution in [2.75, 3.05) is 13.7 Å². The van der Waals surface area contributed by atoms with Gasteiger partial charge in [0.2, 0.25) is 0 Å². The van der Waals surface area contributed by atoms with E-state index in [1.54, 1.807) is 22.9 Å². The summed E-state index contributed by atoms with van der Waals surface area (Å²) in [6, 6.07) is 11.8. The Bertz CT molecular complexity index is 678. The second kappa shape index (κ2) is 6.14. The van der Waals surface area contributed by atoms with Crippen LogP contribution in [0.15, 0.2) is 47.4 Å². The number of hydrogen-bond donors (Lipinski definition) is 1. The quantitative estimate of drug-likeness (QED) is 0.914. The number of nitrogens with zero attached hydrogens (tertiary/aromatic N) is 1. The first-order valence-corrected chi connectivity index (χ1v) is 7.37. The van der Waals surface area contributed by atoms with Gasteiger partial charge < -0.3 is 14.6 Å². The van der Waals surface area contributed by atoms with E-state index in [1.165, 1.54) is 11.1 Å². The van der Waals surface area contributed by atoms with Gasteiger partial charge in [0, 0.05) is 18.3 Å². The molecule has 1 aromatic carbocycles. The molecule has 1 aliphatic carbocycles. The molecule has 1 unspecified atom stereocenters. The third-order valence-corrected chi connectivity index (χ3v) is 4.06. The molecule has 3 rings (SSSR count). The monoisotopic (exact) mass is 284 g/mol. The fraction of sp³-hybridized carbons (Fsp3) is 0.353. The van der Waals surface area contributed by atoms with Gasteiger partial charge in [-0.05, 0) is 43.1 Å². The van der Waals surface area contributed by atoms with E-state index >= 15 is 0 Å². The van der Waals surface area contributed by atoms with Gasteiger partial charge in [-0.25, -0.2) is 0 Å². The minimum atomic E-state index is 0.00892. The number of hydrogen-bond acceptors (Lipinski definition) is 3. The molecule has 1 aliphatic rings. The van der Waals surface area contributed by atoms with Crippen LogP contribution in [0.4, 0.5) is 0 Å². The zero-order valence-electron chi connectivity index (χ0n) is 12.2. The van der Waals surface area contributed by atoms with Gasteiger partial charge in [-0.1, -0.05) is 18.2 Å². The lowest BCUT2D eigenvalue weighted by Gasteiger charge is -2.13. The highest BCUT2D eigenvalue weighted by Gasteiger charge is 2.23. The van der Waals surface area contributed by atoms with E-state index in [9.17, 15) is 4.79 Å². The summed E-state index contributed by atoms with van der Waals surface area (Å²) in [5.74, 6) is 0.953. The normalized spacial score (nSPS) is 16.7. The van der Waals surface area contributed by atoms with Crippen LogP contribution in [0.5, 0.6) is 5.75 Å². The molecule has 0 bridgehead atoms. The topological polar surface area (TPSA) is 43.3 Å². The average molecular weight is 284 g/mol. The van der Waals surface area contributed by atoms with Gasteiger partial charge in [0.25, 0.3) is 5.56 Å². The standard InChI is InChI=1S/C17H20N2O2/c1-18-15-9-8-14-13(15)5-4-6-16(14)21-12-11-19-10-3-2-7-17(19)20/h2-7,10,15,18H,8-9,11-12H2,1H3. The first kappa shape index (κ1) is 13.9. The zero-order valence-corrected chi connectivity index (χ0v) is 12.2. The number of pyridine rings is 1. The molecule has 0 saturated heterocycles. The molecule has 1 N–H and O–H groups in total. The first-order chi connectivity index (χ1) is 10.3. The Morgan fingerprint density at radius 2 is 2.19 bits per heavy atom. The van der Waals surface area contributed by atoms with Gasteiger partial charge >= 0.3 is 0 Å². The van der Waals surface area contributed by atoms with E-state index in [0.717, 1.165) is 18.6 Å². The second-order valence-electron chi connectivity index (χ2n) is 5.28. The van der Waals surface area contributed by atoms with Crippen LogP contribution in [0.2, 0.25) is 0 Å². The zero-order chi connectivity index (χ0) is 14.7. The van der Waals surface area contributed by atoms with Crippen molar-refractivity contribution in [3.05, 3.63) is 64.1 Å². The summed E-state index contributed by atoms with van der Waals surface area (Å²) >= 11 is 0. The molecule has 110 valence electrons. The van der Waals surface area contributed by atoms with Crippen LogP contribution in [0, 0.1) is 0 Å². The number of nitrogens with one attached hydrogen (secondary N) is 1. The highest BCUT2D eigenvalue weighted by molar-refractivity contribution is 5.45. The summed E-state index contributed by atoms with van der Waals surface area (Å²) in [5, 5.41) is 3.34. The Labute approximate surface area is 124 Å². The van der Waals surface area contributed by atoms with Crippen LogP contribution in [-0.2, 0) is 13.0 Å². The lowest BCUT2D eigenvalue weighted by Crippen LogP contribution is -2.21. The Morgan fingerprint density at radius 3 is 3.00 bits per heavy atom. The van der Waals surface area contributed by atoms with Crippen LogP contribution < -0.4 is 15.6 Å². The second-order valence-corrected chi connectivity index (χ2v) is 5.28. The summed E-state index contributed by atoms with van der Waals surface area (Å²) in [7, 11) is 2.00. The summed E-state index contributed by atoms with van der Waals surface area (Å²) < 4.78 is 7.58. The highest BCUT2D eigenvalue weighted by atomic mass is 16.5. The molecule has 2 aromatic rings. The molecule has 4 heteroatoms. The van der Waals surface area contributed by atoms with Gasteiger partial charge in [-0.2, -0.15) is 0 Å². The van der Waals surface area contributed by atoms with Crippen LogP contribution in [0.1, 0.15) is 23.6 Å². The molecule has 1 heterocycles. The van der Waals surface area contributed by atoms with Gasteiger partial charge in [-0.15, -0.1) is 0 Å². The summed E-state index contributed by atoms with van der Waals surface area (Å²) in [6.45, 7) is 1.07. The lowest BCUT2D eigenvalue weighted by molar-refractivity contribution is 0.294. The fourth-order valence-corrected chi connectivity index (χ4v) is 2.96. The minimum absolute atomic E-state index is 0.00892. The fourth-order valence-electron chi connectivity index (χ4n) is 2.96. The molecule has 0 spiro atoms. The van der Waals surface area contributed by atoms with Crippen molar-refractivity contribution in [1.29, 1.82) is 0 Å². The molecule has 4 nitrogen and oxygen atoms in total. The maximum Gasteiger partial charge on any atom is 0.250 e. The molecule has 1 aromatic heterocycles. The van der Waals surface area contributed by atoms with Gasteiger partial charge in [0.05, 0.1) is 6.54 Å². The predicted octanol–water partition coefficient (Wildman–Crippen LogP) is 2.13. The summed E-state index contributed by atoms with van der Waals surface area (Å²) in [4.78, 5) is 11.6. The smallest absolute Gasteiger partial charge is 0.250 e. The maximum atomic E-state index is 11.6. The van der Waals surface area contributed by atoms with Crippen LogP contribution >= 0.6 is 0 Å². The summed E-state index contributed by atoms with van der Waals surface area (Å²) in [5.41, 5.74) is 2.65. The van der Waals surface area contributed by atoms with Crippen LogP contribution in [0.3, 0.4) is 0 Å². The number of rotatable bonds is 5. The van der Waals surface area contributed by atoms with Gasteiger partial charge in [-0.3, -0.25) is 4.79 Å². The van der Waals surface area contributed by atoms with Crippen molar-refractivity contribution < 1.29 is 4.74 Å². The Balaban J connectivity index is 1.68. The number of benzene rings is 1. The van der Waals surface area contributed by atoms with Crippen molar-refractivity contribution in [1.82, 2.24) is 9.88 Å². The van der Waals surface area contributed by atoms with Crippen molar-refractivity contribution >= 4 is 0 Å². The average Bonchev–Trinajstić information content (AvgIpc) is 2.93. The molecule has 21 heavy (non-hydrogen) atoms. The van der Waals surface area contributed by atoms with Crippen molar-refractivity contribution in [3.63, 3.8) is 0 Å². The van der Waals surface area contributed by atoms with Gasteiger partial charge in [0.15, 0.2) is 0 Å². The molecule has 0 fully saturated rings. The Hall–Kier alpha value is -2.07. The number of aromatic nitrogens is 1. The number of ether oxygens (including phenoxy) is 1. The van der Waals surface area contributed by atoms with Crippen molar-refractivity contribution in [2.24, 2.45) is 0 Å². The molecular weight excluding hydrogens is 264 g/mol. The minimum Gasteiger partial charge on any atom is -0.491 e. The Kier molecular flexibility index (Phi) is 4.06. The first-order valence-electron chi connectivity index (χ1n) is 7.37. The van der Waals surface area contributed by atoms with Crippen LogP contribution in [0.25, 0.3) is 0 Å². The van der Waals surface area contributed by atoms with E-state index in [0.29, 0.717) is 19.2 Å². The third kappa shape index (κ3) is 2.85. The predicted molar refractivity (Wildman–Crippen MR) is 82.8 cm³/mol. The van der Waals surface area contributed by atoms with Gasteiger partial charge in [0.1, 0.15) is 12.4 Å². The molecular formula is C17H20N2O2. The van der Waals surface area contributed by atoms with Crippen LogP contribution in [-0.4, -0.2) is 18.2 Å². The Morgan fingerprint density at radius 1 is 1.29 bits per heavy atom. The highest BCUT2D eigenvalue weighted by Crippen LogP contribution is 2.36. The van der Waals surface area contributed by atoms with E-state index < -0.39 is 0 Å². The van der Waals surface area contributed by atoms with E-state index in [4.69, 9.17) is 4.74 Å². The molecule has 0 saturated carbocycles. The SMILES string of the molecule is CNC1CCc2c(OCCn3ccccc3=O)cccc21. The maximum absolute atomic E-state index is 11.6. The third-order valence-electron chi connectivity index (χ3n) is 4.06. The summed E-state index contributed by atoms with van der Waals surface area (Å²) in [6.07, 6.45) is 3.95. The molecule has 0 aliphatic heterocycles. The van der Waals surface area contributed by atoms with Crippen molar-refractivity contribution in [2.45, 2.75) is 25.4 Å². The van der Waals surface area contributed by atoms with E-state index in [2.05, 4.69) is 11.4 Å². The molecule has 0 radical (unpaired) electrons. The largest absolute Gasteiger partial charge is 0.491 e. The van der Waals surface area contributed by atoms with Crippen molar-refractivity contribution in [3.8, 4) is 5.75 Å². The molecule has 1 atom stereocenters. The van der Waals surface area contributed by atoms with E-state index in [1.807, 2.05) is 25.2 Å². The number of fused-ring (bicyclic) bond motifs is 1. The molecule has 0 amide bonds.